The first-order valence-electron chi connectivity index (χ1n) is 7.15. The second-order valence-electron chi connectivity index (χ2n) is 5.56. The molecule has 2 aliphatic rings. The molecule has 0 radical (unpaired) electrons. The van der Waals surface area contributed by atoms with Crippen LogP contribution in [0.1, 0.15) is 28.8 Å². The Kier molecular flexibility index (Phi) is 3.55. The molecule has 2 heterocycles. The summed E-state index contributed by atoms with van der Waals surface area (Å²) in [5.41, 5.74) is 2.43. The Bertz CT molecular complexity index is 587. The number of likely N-dealkylation sites (tertiary alicyclic amines) is 1. The molecule has 0 aliphatic carbocycles. The predicted molar refractivity (Wildman–Crippen MR) is 76.3 cm³/mol. The van der Waals surface area contributed by atoms with Gasteiger partial charge in [-0.25, -0.2) is 4.79 Å². The van der Waals surface area contributed by atoms with Gasteiger partial charge in [0.05, 0.1) is 6.10 Å². The van der Waals surface area contributed by atoms with E-state index in [-0.39, 0.29) is 18.9 Å². The summed E-state index contributed by atoms with van der Waals surface area (Å²) >= 11 is 0. The maximum absolute atomic E-state index is 12.7. The standard InChI is InChI=1S/C15H18N2O4/c18-9-7-13(15(20)21)17(8-9)14(19)11-3-1-5-12-10(11)4-2-6-16-12/h1,3,5,9,13,16,18H,2,4,6-8H2,(H,20,21)/t9-,13-/m0/s1. The van der Waals surface area contributed by atoms with Crippen molar-refractivity contribution in [2.45, 2.75) is 31.4 Å². The van der Waals surface area contributed by atoms with Gasteiger partial charge in [0.2, 0.25) is 0 Å². The first-order chi connectivity index (χ1) is 10.1. The van der Waals surface area contributed by atoms with Crippen molar-refractivity contribution in [2.75, 3.05) is 18.4 Å². The zero-order valence-electron chi connectivity index (χ0n) is 11.6. The Balaban J connectivity index is 1.93. The molecule has 112 valence electrons. The minimum atomic E-state index is -1.07. The topological polar surface area (TPSA) is 89.9 Å². The van der Waals surface area contributed by atoms with Crippen molar-refractivity contribution < 1.29 is 19.8 Å². The van der Waals surface area contributed by atoms with E-state index in [1.807, 2.05) is 6.07 Å². The normalized spacial score (nSPS) is 24.3. The first-order valence-corrected chi connectivity index (χ1v) is 7.15. The molecule has 1 aromatic rings. The van der Waals surface area contributed by atoms with Crippen LogP contribution in [0.15, 0.2) is 18.2 Å². The van der Waals surface area contributed by atoms with Crippen LogP contribution in [-0.4, -0.2) is 52.2 Å². The quantitative estimate of drug-likeness (QED) is 0.746. The lowest BCUT2D eigenvalue weighted by Gasteiger charge is -2.25. The van der Waals surface area contributed by atoms with Crippen LogP contribution in [0.3, 0.4) is 0 Å². The van der Waals surface area contributed by atoms with Crippen LogP contribution < -0.4 is 5.32 Å². The van der Waals surface area contributed by atoms with Crippen LogP contribution in [0.4, 0.5) is 5.69 Å². The van der Waals surface area contributed by atoms with Crippen molar-refractivity contribution >= 4 is 17.6 Å². The number of hydrogen-bond acceptors (Lipinski definition) is 4. The number of aliphatic hydroxyl groups excluding tert-OH is 1. The molecule has 6 heteroatoms. The number of fused-ring (bicyclic) bond motifs is 1. The summed E-state index contributed by atoms with van der Waals surface area (Å²) in [6, 6.07) is 4.52. The Morgan fingerprint density at radius 3 is 2.90 bits per heavy atom. The monoisotopic (exact) mass is 290 g/mol. The molecule has 1 saturated heterocycles. The van der Waals surface area contributed by atoms with Crippen LogP contribution >= 0.6 is 0 Å². The summed E-state index contributed by atoms with van der Waals surface area (Å²) in [4.78, 5) is 25.2. The van der Waals surface area contributed by atoms with Crippen LogP contribution in [0.5, 0.6) is 0 Å². The maximum atomic E-state index is 12.7. The van der Waals surface area contributed by atoms with Crippen LogP contribution in [0.2, 0.25) is 0 Å². The zero-order valence-corrected chi connectivity index (χ0v) is 11.6. The van der Waals surface area contributed by atoms with Crippen molar-refractivity contribution in [2.24, 2.45) is 0 Å². The van der Waals surface area contributed by atoms with E-state index >= 15 is 0 Å². The highest BCUT2D eigenvalue weighted by atomic mass is 16.4. The van der Waals surface area contributed by atoms with Gasteiger partial charge in [-0.1, -0.05) is 6.07 Å². The van der Waals surface area contributed by atoms with Gasteiger partial charge in [0, 0.05) is 30.8 Å². The number of nitrogens with one attached hydrogen (secondary N) is 1. The number of β-amino-alcohol motifs (C(OH)–C–C–N with tert-alkyl or cyclic N) is 1. The van der Waals surface area contributed by atoms with Gasteiger partial charge in [0.15, 0.2) is 0 Å². The number of carboxylic acids is 1. The van der Waals surface area contributed by atoms with Gasteiger partial charge < -0.3 is 20.4 Å². The van der Waals surface area contributed by atoms with Crippen LogP contribution in [-0.2, 0) is 11.2 Å². The molecule has 0 saturated carbocycles. The zero-order chi connectivity index (χ0) is 15.0. The maximum Gasteiger partial charge on any atom is 0.326 e. The number of aliphatic hydroxyl groups is 1. The molecule has 0 unspecified atom stereocenters. The fourth-order valence-corrected chi connectivity index (χ4v) is 3.14. The molecule has 6 nitrogen and oxygen atoms in total. The van der Waals surface area contributed by atoms with Gasteiger partial charge in [-0.2, -0.15) is 0 Å². The van der Waals surface area contributed by atoms with Crippen molar-refractivity contribution in [3.63, 3.8) is 0 Å². The van der Waals surface area contributed by atoms with E-state index in [0.717, 1.165) is 30.6 Å². The lowest BCUT2D eigenvalue weighted by molar-refractivity contribution is -0.141. The summed E-state index contributed by atoms with van der Waals surface area (Å²) in [6.07, 6.45) is 1.07. The molecule has 1 amide bonds. The van der Waals surface area contributed by atoms with Crippen molar-refractivity contribution in [3.05, 3.63) is 29.3 Å². The molecule has 2 aliphatic heterocycles. The summed E-state index contributed by atoms with van der Waals surface area (Å²) in [5, 5.41) is 22.2. The molecule has 0 bridgehead atoms. The molecule has 2 atom stereocenters. The summed E-state index contributed by atoms with van der Waals surface area (Å²) in [5.74, 6) is -1.37. The van der Waals surface area contributed by atoms with E-state index in [0.29, 0.717) is 5.56 Å². The number of nitrogens with zero attached hydrogens (tertiary/aromatic N) is 1. The number of hydrogen-bond donors (Lipinski definition) is 3. The third-order valence-corrected chi connectivity index (χ3v) is 4.15. The number of benzene rings is 1. The van der Waals surface area contributed by atoms with Crippen molar-refractivity contribution in [1.29, 1.82) is 0 Å². The highest BCUT2D eigenvalue weighted by molar-refractivity contribution is 5.99. The Hall–Kier alpha value is -2.08. The Labute approximate surface area is 122 Å². The van der Waals surface area contributed by atoms with Crippen LogP contribution in [0, 0.1) is 0 Å². The largest absolute Gasteiger partial charge is 0.480 e. The highest BCUT2D eigenvalue weighted by Crippen LogP contribution is 2.28. The van der Waals surface area contributed by atoms with Crippen LogP contribution in [0.25, 0.3) is 0 Å². The molecule has 0 aromatic heterocycles. The predicted octanol–water partition coefficient (Wildman–Crippen LogP) is 0.705. The van der Waals surface area contributed by atoms with Gasteiger partial charge in [-0.15, -0.1) is 0 Å². The van der Waals surface area contributed by atoms with Gasteiger partial charge in [0.25, 0.3) is 5.91 Å². The third-order valence-electron chi connectivity index (χ3n) is 4.15. The van der Waals surface area contributed by atoms with Crippen molar-refractivity contribution in [1.82, 2.24) is 4.90 Å². The number of carbonyl (C=O) groups excluding carboxylic acids is 1. The lowest BCUT2D eigenvalue weighted by Crippen LogP contribution is -2.41. The van der Waals surface area contributed by atoms with Gasteiger partial charge in [-0.05, 0) is 30.5 Å². The van der Waals surface area contributed by atoms with Gasteiger partial charge in [-0.3, -0.25) is 4.79 Å². The summed E-state index contributed by atoms with van der Waals surface area (Å²) in [7, 11) is 0. The Morgan fingerprint density at radius 2 is 2.14 bits per heavy atom. The average Bonchev–Trinajstić information content (AvgIpc) is 2.88. The van der Waals surface area contributed by atoms with Gasteiger partial charge in [0.1, 0.15) is 6.04 Å². The minimum absolute atomic E-state index is 0.0763. The second-order valence-corrected chi connectivity index (χ2v) is 5.56. The summed E-state index contributed by atoms with van der Waals surface area (Å²) in [6.45, 7) is 0.956. The van der Waals surface area contributed by atoms with E-state index in [2.05, 4.69) is 5.32 Å². The average molecular weight is 290 g/mol. The molecular formula is C15H18N2O4. The third kappa shape index (κ3) is 2.47. The minimum Gasteiger partial charge on any atom is -0.480 e. The molecule has 3 N–H and O–H groups in total. The highest BCUT2D eigenvalue weighted by Gasteiger charge is 2.39. The molecule has 21 heavy (non-hydrogen) atoms. The van der Waals surface area contributed by atoms with Gasteiger partial charge >= 0.3 is 5.97 Å². The second kappa shape index (κ2) is 5.37. The number of rotatable bonds is 2. The number of anilines is 1. The SMILES string of the molecule is O=C(O)[C@@H]1C[C@H](O)CN1C(=O)c1cccc2c1CCCN2. The van der Waals surface area contributed by atoms with Crippen molar-refractivity contribution in [3.8, 4) is 0 Å². The van der Waals surface area contributed by atoms with E-state index in [4.69, 9.17) is 0 Å². The fourth-order valence-electron chi connectivity index (χ4n) is 3.14. The summed E-state index contributed by atoms with van der Waals surface area (Å²) < 4.78 is 0. The molecular weight excluding hydrogens is 272 g/mol. The number of carbonyl (C=O) groups is 2. The Morgan fingerprint density at radius 1 is 1.33 bits per heavy atom. The lowest BCUT2D eigenvalue weighted by atomic mass is 9.96. The van der Waals surface area contributed by atoms with E-state index in [9.17, 15) is 19.8 Å². The number of aliphatic carboxylic acids is 1. The first kappa shape index (κ1) is 13.9. The smallest absolute Gasteiger partial charge is 0.326 e. The molecule has 1 fully saturated rings. The van der Waals surface area contributed by atoms with E-state index in [1.165, 1.54) is 4.90 Å². The van der Waals surface area contributed by atoms with E-state index < -0.39 is 18.1 Å². The molecule has 0 spiro atoms. The molecule has 1 aromatic carbocycles. The fraction of sp³-hybridized carbons (Fsp3) is 0.467. The number of amides is 1. The molecule has 3 rings (SSSR count). The van der Waals surface area contributed by atoms with E-state index in [1.54, 1.807) is 12.1 Å². The number of carboxylic acid groups (broad SMARTS) is 1.